The molecule has 1 heterocycles. The fourth-order valence-electron chi connectivity index (χ4n) is 1.83. The highest BCUT2D eigenvalue weighted by atomic mass is 19.1. The molecule has 0 radical (unpaired) electrons. The third-order valence-electron chi connectivity index (χ3n) is 2.76. The fourth-order valence-corrected chi connectivity index (χ4v) is 1.83. The largest absolute Gasteiger partial charge is 0.508 e. The lowest BCUT2D eigenvalue weighted by atomic mass is 10.2. The predicted octanol–water partition coefficient (Wildman–Crippen LogP) is 3.09. The highest BCUT2D eigenvalue weighted by Gasteiger charge is 2.15. The molecule has 0 saturated heterocycles. The van der Waals surface area contributed by atoms with Crippen LogP contribution in [0.1, 0.15) is 0 Å². The van der Waals surface area contributed by atoms with Crippen molar-refractivity contribution in [2.45, 2.75) is 0 Å². The molecule has 21 heavy (non-hydrogen) atoms. The summed E-state index contributed by atoms with van der Waals surface area (Å²) in [6.45, 7) is 0. The molecule has 2 N–H and O–H groups in total. The number of halogens is 2. The number of aromatic nitrogens is 2. The fraction of sp³-hybridized carbons (Fsp3) is 0. The summed E-state index contributed by atoms with van der Waals surface area (Å²) in [5.74, 6) is -1.95. The van der Waals surface area contributed by atoms with Gasteiger partial charge in [-0.1, -0.05) is 5.16 Å². The Morgan fingerprint density at radius 2 is 1.67 bits per heavy atom. The minimum absolute atomic E-state index is 0.0177. The van der Waals surface area contributed by atoms with Crippen molar-refractivity contribution >= 4 is 0 Å². The zero-order chi connectivity index (χ0) is 15.0. The van der Waals surface area contributed by atoms with Gasteiger partial charge >= 0.3 is 0 Å². The van der Waals surface area contributed by atoms with Crippen molar-refractivity contribution in [3.05, 3.63) is 48.0 Å². The van der Waals surface area contributed by atoms with Gasteiger partial charge in [0, 0.05) is 17.7 Å². The molecule has 2 aromatic carbocycles. The molecule has 3 rings (SSSR count). The van der Waals surface area contributed by atoms with Crippen molar-refractivity contribution in [3.63, 3.8) is 0 Å². The molecule has 7 heteroatoms. The second-order valence-corrected chi connectivity index (χ2v) is 4.28. The van der Waals surface area contributed by atoms with E-state index in [0.717, 1.165) is 24.3 Å². The maximum absolute atomic E-state index is 13.2. The third-order valence-corrected chi connectivity index (χ3v) is 2.76. The summed E-state index contributed by atoms with van der Waals surface area (Å²) < 4.78 is 31.3. The number of nitrogens with zero attached hydrogens (tertiary/aromatic N) is 2. The highest BCUT2D eigenvalue weighted by Crippen LogP contribution is 2.32. The number of phenols is 2. The lowest BCUT2D eigenvalue weighted by Gasteiger charge is -1.99. The quantitative estimate of drug-likeness (QED) is 0.758. The normalized spacial score (nSPS) is 10.8. The molecule has 0 unspecified atom stereocenters. The molecular formula is C14H8F2N2O3. The molecule has 0 spiro atoms. The zero-order valence-electron chi connectivity index (χ0n) is 10.4. The average molecular weight is 290 g/mol. The van der Waals surface area contributed by atoms with E-state index in [-0.39, 0.29) is 34.3 Å². The Balaban J connectivity index is 2.03. The van der Waals surface area contributed by atoms with Crippen molar-refractivity contribution in [1.82, 2.24) is 10.1 Å². The van der Waals surface area contributed by atoms with E-state index in [1.165, 1.54) is 12.1 Å². The van der Waals surface area contributed by atoms with Crippen molar-refractivity contribution in [3.8, 4) is 34.3 Å². The number of phenolic OH excluding ortho intramolecular Hbond substituents is 2. The molecule has 0 aliphatic carbocycles. The van der Waals surface area contributed by atoms with Crippen molar-refractivity contribution < 1.29 is 23.5 Å². The van der Waals surface area contributed by atoms with Crippen molar-refractivity contribution in [1.29, 1.82) is 0 Å². The van der Waals surface area contributed by atoms with Crippen LogP contribution in [0.4, 0.5) is 8.78 Å². The summed E-state index contributed by atoms with van der Waals surface area (Å²) in [5, 5.41) is 22.5. The molecule has 5 nitrogen and oxygen atoms in total. The Morgan fingerprint density at radius 1 is 0.952 bits per heavy atom. The Kier molecular flexibility index (Phi) is 3.02. The van der Waals surface area contributed by atoms with E-state index < -0.39 is 11.6 Å². The van der Waals surface area contributed by atoms with E-state index in [1.807, 2.05) is 0 Å². The summed E-state index contributed by atoms with van der Waals surface area (Å²) in [6.07, 6.45) is 0. The predicted molar refractivity (Wildman–Crippen MR) is 68.4 cm³/mol. The Hall–Kier alpha value is -2.96. The van der Waals surface area contributed by atoms with Gasteiger partial charge in [-0.3, -0.25) is 0 Å². The Morgan fingerprint density at radius 3 is 2.33 bits per heavy atom. The van der Waals surface area contributed by atoms with Crippen LogP contribution in [0.15, 0.2) is 40.9 Å². The van der Waals surface area contributed by atoms with Crippen LogP contribution in [-0.4, -0.2) is 20.4 Å². The van der Waals surface area contributed by atoms with Crippen LogP contribution >= 0.6 is 0 Å². The lowest BCUT2D eigenvalue weighted by Crippen LogP contribution is -1.86. The van der Waals surface area contributed by atoms with E-state index >= 15 is 0 Å². The SMILES string of the molecule is Oc1ccc(-c2nc(-c3cc(F)cc(F)c3)no2)c(O)c1. The van der Waals surface area contributed by atoms with E-state index in [9.17, 15) is 19.0 Å². The van der Waals surface area contributed by atoms with Crippen LogP contribution in [0.3, 0.4) is 0 Å². The Labute approximate surface area is 117 Å². The number of hydrogen-bond donors (Lipinski definition) is 2. The van der Waals surface area contributed by atoms with Gasteiger partial charge in [-0.25, -0.2) is 8.78 Å². The number of hydrogen-bond acceptors (Lipinski definition) is 5. The molecule has 0 saturated carbocycles. The van der Waals surface area contributed by atoms with E-state index in [1.54, 1.807) is 0 Å². The Bertz CT molecular complexity index is 797. The van der Waals surface area contributed by atoms with E-state index in [0.29, 0.717) is 0 Å². The summed E-state index contributed by atoms with van der Waals surface area (Å²) in [4.78, 5) is 3.97. The first-order valence-electron chi connectivity index (χ1n) is 5.85. The van der Waals surface area contributed by atoms with Crippen molar-refractivity contribution in [2.75, 3.05) is 0 Å². The van der Waals surface area contributed by atoms with Gasteiger partial charge in [0.25, 0.3) is 5.89 Å². The van der Waals surface area contributed by atoms with Crippen LogP contribution in [0.25, 0.3) is 22.8 Å². The molecule has 1 aromatic heterocycles. The lowest BCUT2D eigenvalue weighted by molar-refractivity contribution is 0.423. The topological polar surface area (TPSA) is 79.4 Å². The van der Waals surface area contributed by atoms with Crippen molar-refractivity contribution in [2.24, 2.45) is 0 Å². The summed E-state index contributed by atoms with van der Waals surface area (Å²) >= 11 is 0. The van der Waals surface area contributed by atoms with Crippen LogP contribution in [-0.2, 0) is 0 Å². The third kappa shape index (κ3) is 2.53. The smallest absolute Gasteiger partial charge is 0.262 e. The minimum Gasteiger partial charge on any atom is -0.508 e. The van der Waals surface area contributed by atoms with Gasteiger partial charge in [0.15, 0.2) is 0 Å². The second-order valence-electron chi connectivity index (χ2n) is 4.28. The summed E-state index contributed by atoms with van der Waals surface area (Å²) in [7, 11) is 0. The molecule has 0 bridgehead atoms. The molecule has 0 aliphatic heterocycles. The maximum Gasteiger partial charge on any atom is 0.262 e. The first-order valence-corrected chi connectivity index (χ1v) is 5.85. The first kappa shape index (κ1) is 13.0. The number of benzene rings is 2. The summed E-state index contributed by atoms with van der Waals surface area (Å²) in [6, 6.07) is 6.69. The van der Waals surface area contributed by atoms with Gasteiger partial charge in [0.2, 0.25) is 5.82 Å². The van der Waals surface area contributed by atoms with Crippen LogP contribution in [0, 0.1) is 11.6 Å². The van der Waals surface area contributed by atoms with E-state index in [4.69, 9.17) is 4.52 Å². The number of aromatic hydroxyl groups is 2. The second kappa shape index (κ2) is 4.86. The first-order chi connectivity index (χ1) is 10.0. The maximum atomic E-state index is 13.2. The van der Waals surface area contributed by atoms with Gasteiger partial charge < -0.3 is 14.7 Å². The number of rotatable bonds is 2. The van der Waals surface area contributed by atoms with Crippen LogP contribution in [0.2, 0.25) is 0 Å². The molecular weight excluding hydrogens is 282 g/mol. The molecule has 0 fully saturated rings. The van der Waals surface area contributed by atoms with Gasteiger partial charge in [0.05, 0.1) is 5.56 Å². The molecule has 0 aliphatic rings. The molecule has 0 amide bonds. The van der Waals surface area contributed by atoms with Gasteiger partial charge in [-0.15, -0.1) is 0 Å². The standard InChI is InChI=1S/C14H8F2N2O3/c15-8-3-7(4-9(16)5-8)13-17-14(21-18-13)11-2-1-10(19)6-12(11)20/h1-6,19-20H. The minimum atomic E-state index is -0.760. The molecule has 106 valence electrons. The molecule has 0 atom stereocenters. The monoisotopic (exact) mass is 290 g/mol. The van der Waals surface area contributed by atoms with E-state index in [2.05, 4.69) is 10.1 Å². The average Bonchev–Trinajstić information content (AvgIpc) is 2.87. The van der Waals surface area contributed by atoms with Gasteiger partial charge in [0.1, 0.15) is 23.1 Å². The highest BCUT2D eigenvalue weighted by molar-refractivity contribution is 5.66. The molecule has 3 aromatic rings. The zero-order valence-corrected chi connectivity index (χ0v) is 10.4. The van der Waals surface area contributed by atoms with Crippen LogP contribution < -0.4 is 0 Å². The summed E-state index contributed by atoms with van der Waals surface area (Å²) in [5.41, 5.74) is 0.309. The van der Waals surface area contributed by atoms with Gasteiger partial charge in [-0.05, 0) is 24.3 Å². The van der Waals surface area contributed by atoms with Crippen LogP contribution in [0.5, 0.6) is 11.5 Å². The van der Waals surface area contributed by atoms with Gasteiger partial charge in [-0.2, -0.15) is 4.98 Å².